The summed E-state index contributed by atoms with van der Waals surface area (Å²) in [6.07, 6.45) is 0. The SMILES string of the molecule is CC(C(=O)O)C(C)C(=O)N(CC#N)CC#N. The average Bonchev–Trinajstić information content (AvgIpc) is 2.25. The number of carbonyl (C=O) groups excluding carboxylic acids is 1. The van der Waals surface area contributed by atoms with Gasteiger partial charge in [0.05, 0.1) is 18.1 Å². The Morgan fingerprint density at radius 3 is 1.94 bits per heavy atom. The third-order valence-corrected chi connectivity index (χ3v) is 2.36. The van der Waals surface area contributed by atoms with E-state index in [0.29, 0.717) is 0 Å². The second-order valence-electron chi connectivity index (χ2n) is 3.43. The summed E-state index contributed by atoms with van der Waals surface area (Å²) in [5.41, 5.74) is 0. The maximum Gasteiger partial charge on any atom is 0.307 e. The van der Waals surface area contributed by atoms with Crippen molar-refractivity contribution in [1.82, 2.24) is 4.90 Å². The Morgan fingerprint density at radius 1 is 1.19 bits per heavy atom. The molecule has 0 aromatic carbocycles. The van der Waals surface area contributed by atoms with Crippen LogP contribution in [0, 0.1) is 34.5 Å². The van der Waals surface area contributed by atoms with Crippen LogP contribution in [0.15, 0.2) is 0 Å². The lowest BCUT2D eigenvalue weighted by atomic mass is 9.95. The molecule has 2 unspecified atom stereocenters. The van der Waals surface area contributed by atoms with Gasteiger partial charge in [0.15, 0.2) is 0 Å². The van der Waals surface area contributed by atoms with Crippen LogP contribution in [0.4, 0.5) is 0 Å². The first-order valence-corrected chi connectivity index (χ1v) is 4.71. The molecule has 0 bridgehead atoms. The fraction of sp³-hybridized carbons (Fsp3) is 0.600. The third-order valence-electron chi connectivity index (χ3n) is 2.36. The van der Waals surface area contributed by atoms with Crippen molar-refractivity contribution in [3.05, 3.63) is 0 Å². The van der Waals surface area contributed by atoms with Crippen molar-refractivity contribution in [3.8, 4) is 12.1 Å². The molecule has 0 aliphatic rings. The predicted octanol–water partition coefficient (Wildman–Crippen LogP) is 0.219. The van der Waals surface area contributed by atoms with Gasteiger partial charge in [0, 0.05) is 5.92 Å². The molecule has 86 valence electrons. The predicted molar refractivity (Wildman–Crippen MR) is 53.8 cm³/mol. The van der Waals surface area contributed by atoms with E-state index < -0.39 is 23.7 Å². The van der Waals surface area contributed by atoms with Crippen molar-refractivity contribution in [2.24, 2.45) is 11.8 Å². The molecule has 0 aromatic heterocycles. The molecule has 0 rings (SSSR count). The second kappa shape index (κ2) is 6.41. The lowest BCUT2D eigenvalue weighted by Gasteiger charge is -2.22. The number of aliphatic carboxylic acids is 1. The number of carboxylic acid groups (broad SMARTS) is 1. The number of rotatable bonds is 5. The van der Waals surface area contributed by atoms with Crippen molar-refractivity contribution in [2.45, 2.75) is 13.8 Å². The summed E-state index contributed by atoms with van der Waals surface area (Å²) < 4.78 is 0. The van der Waals surface area contributed by atoms with Crippen LogP contribution in [0.25, 0.3) is 0 Å². The minimum absolute atomic E-state index is 0.205. The molecule has 0 radical (unpaired) electrons. The monoisotopic (exact) mass is 223 g/mol. The van der Waals surface area contributed by atoms with Gasteiger partial charge in [0.2, 0.25) is 5.91 Å². The first-order valence-electron chi connectivity index (χ1n) is 4.71. The zero-order chi connectivity index (χ0) is 12.7. The molecule has 0 heterocycles. The first kappa shape index (κ1) is 13.9. The molecule has 0 aliphatic carbocycles. The molecule has 6 heteroatoms. The molecule has 0 spiro atoms. The maximum atomic E-state index is 11.7. The Hall–Kier alpha value is -2.08. The zero-order valence-corrected chi connectivity index (χ0v) is 9.17. The van der Waals surface area contributed by atoms with Gasteiger partial charge in [-0.05, 0) is 0 Å². The smallest absolute Gasteiger partial charge is 0.307 e. The van der Waals surface area contributed by atoms with Crippen LogP contribution in [0.5, 0.6) is 0 Å². The van der Waals surface area contributed by atoms with Gasteiger partial charge >= 0.3 is 5.97 Å². The molecule has 0 aromatic rings. The molecule has 1 N–H and O–H groups in total. The van der Waals surface area contributed by atoms with E-state index in [1.165, 1.54) is 13.8 Å². The first-order chi connectivity index (χ1) is 7.45. The number of carbonyl (C=O) groups is 2. The molecule has 16 heavy (non-hydrogen) atoms. The van der Waals surface area contributed by atoms with E-state index in [0.717, 1.165) is 4.90 Å². The van der Waals surface area contributed by atoms with Gasteiger partial charge in [-0.1, -0.05) is 13.8 Å². The molecule has 1 amide bonds. The molecule has 6 nitrogen and oxygen atoms in total. The van der Waals surface area contributed by atoms with Gasteiger partial charge < -0.3 is 10.0 Å². The van der Waals surface area contributed by atoms with Crippen LogP contribution < -0.4 is 0 Å². The minimum Gasteiger partial charge on any atom is -0.481 e. The topological polar surface area (TPSA) is 105 Å². The zero-order valence-electron chi connectivity index (χ0n) is 9.17. The summed E-state index contributed by atoms with van der Waals surface area (Å²) in [4.78, 5) is 23.5. The summed E-state index contributed by atoms with van der Waals surface area (Å²) in [7, 11) is 0. The van der Waals surface area contributed by atoms with E-state index in [2.05, 4.69) is 0 Å². The van der Waals surface area contributed by atoms with E-state index in [9.17, 15) is 9.59 Å². The molecule has 0 saturated carbocycles. The number of nitrogens with zero attached hydrogens (tertiary/aromatic N) is 3. The normalized spacial score (nSPS) is 13.0. The molecule has 2 atom stereocenters. The molecular formula is C10H13N3O3. The number of hydrogen-bond acceptors (Lipinski definition) is 4. The van der Waals surface area contributed by atoms with Gasteiger partial charge in [-0.25, -0.2) is 0 Å². The Kier molecular flexibility index (Phi) is 5.58. The Labute approximate surface area is 93.7 Å². The van der Waals surface area contributed by atoms with E-state index in [1.807, 2.05) is 0 Å². The van der Waals surface area contributed by atoms with Crippen LogP contribution >= 0.6 is 0 Å². The summed E-state index contributed by atoms with van der Waals surface area (Å²) >= 11 is 0. The maximum absolute atomic E-state index is 11.7. The quantitative estimate of drug-likeness (QED) is 0.671. The highest BCUT2D eigenvalue weighted by Crippen LogP contribution is 2.14. The number of nitriles is 2. The van der Waals surface area contributed by atoms with Crippen LogP contribution in [0.3, 0.4) is 0 Å². The summed E-state index contributed by atoms with van der Waals surface area (Å²) in [6.45, 7) is 2.48. The standard InChI is InChI=1S/C10H13N3O3/c1-7(8(2)10(15)16)9(14)13(5-3-11)6-4-12/h7-8H,5-6H2,1-2H3,(H,15,16). The lowest BCUT2D eigenvalue weighted by Crippen LogP contribution is -2.39. The minimum atomic E-state index is -1.07. The number of hydrogen-bond donors (Lipinski definition) is 1. The van der Waals surface area contributed by atoms with Gasteiger partial charge in [-0.2, -0.15) is 10.5 Å². The summed E-state index contributed by atoms with van der Waals surface area (Å²) in [5.74, 6) is -3.15. The molecule has 0 saturated heterocycles. The van der Waals surface area contributed by atoms with Crippen LogP contribution in [0.1, 0.15) is 13.8 Å². The van der Waals surface area contributed by atoms with E-state index in [1.54, 1.807) is 12.1 Å². The van der Waals surface area contributed by atoms with Crippen molar-refractivity contribution >= 4 is 11.9 Å². The molecular weight excluding hydrogens is 210 g/mol. The fourth-order valence-electron chi connectivity index (χ4n) is 1.10. The van der Waals surface area contributed by atoms with Crippen LogP contribution in [-0.4, -0.2) is 35.0 Å². The average molecular weight is 223 g/mol. The largest absolute Gasteiger partial charge is 0.481 e. The Balaban J connectivity index is 4.68. The second-order valence-corrected chi connectivity index (χ2v) is 3.43. The van der Waals surface area contributed by atoms with Gasteiger partial charge in [0.1, 0.15) is 13.1 Å². The van der Waals surface area contributed by atoms with Crippen LogP contribution in [-0.2, 0) is 9.59 Å². The van der Waals surface area contributed by atoms with Gasteiger partial charge in [-0.15, -0.1) is 0 Å². The Bertz CT molecular complexity index is 337. The molecule has 0 aliphatic heterocycles. The molecule has 0 fully saturated rings. The number of amides is 1. The van der Waals surface area contributed by atoms with Gasteiger partial charge in [0.25, 0.3) is 0 Å². The van der Waals surface area contributed by atoms with Crippen molar-refractivity contribution in [3.63, 3.8) is 0 Å². The highest BCUT2D eigenvalue weighted by atomic mass is 16.4. The Morgan fingerprint density at radius 2 is 1.62 bits per heavy atom. The van der Waals surface area contributed by atoms with E-state index >= 15 is 0 Å². The van der Waals surface area contributed by atoms with Gasteiger partial charge in [-0.3, -0.25) is 9.59 Å². The van der Waals surface area contributed by atoms with Crippen LogP contribution in [0.2, 0.25) is 0 Å². The highest BCUT2D eigenvalue weighted by Gasteiger charge is 2.29. The summed E-state index contributed by atoms with van der Waals surface area (Å²) in [5, 5.41) is 25.7. The van der Waals surface area contributed by atoms with Crippen molar-refractivity contribution in [1.29, 1.82) is 10.5 Å². The lowest BCUT2D eigenvalue weighted by molar-refractivity contribution is -0.148. The highest BCUT2D eigenvalue weighted by molar-refractivity contribution is 5.84. The third kappa shape index (κ3) is 3.58. The van der Waals surface area contributed by atoms with E-state index in [-0.39, 0.29) is 13.1 Å². The fourth-order valence-corrected chi connectivity index (χ4v) is 1.10. The van der Waals surface area contributed by atoms with Crippen molar-refractivity contribution < 1.29 is 14.7 Å². The number of carboxylic acids is 1. The summed E-state index contributed by atoms with van der Waals surface area (Å²) in [6, 6.07) is 3.53. The van der Waals surface area contributed by atoms with E-state index in [4.69, 9.17) is 15.6 Å². The van der Waals surface area contributed by atoms with Crippen molar-refractivity contribution in [2.75, 3.05) is 13.1 Å².